The number of hydrogen-bond acceptors (Lipinski definition) is 0. The van der Waals surface area contributed by atoms with Gasteiger partial charge in [-0.2, -0.15) is 0 Å². The van der Waals surface area contributed by atoms with Gasteiger partial charge in [-0.25, -0.2) is 0 Å². The first-order chi connectivity index (χ1) is 14.8. The van der Waals surface area contributed by atoms with Crippen molar-refractivity contribution in [1.82, 2.24) is 0 Å². The van der Waals surface area contributed by atoms with E-state index in [4.69, 9.17) is 0 Å². The van der Waals surface area contributed by atoms with Crippen molar-refractivity contribution in [3.8, 4) is 0 Å². The van der Waals surface area contributed by atoms with Crippen LogP contribution in [0.3, 0.4) is 0 Å². The van der Waals surface area contributed by atoms with Crippen LogP contribution in [0.25, 0.3) is 0 Å². The van der Waals surface area contributed by atoms with E-state index < -0.39 is 0 Å². The summed E-state index contributed by atoms with van der Waals surface area (Å²) < 4.78 is 0. The molecule has 0 aliphatic heterocycles. The van der Waals surface area contributed by atoms with Gasteiger partial charge in [-0.1, -0.05) is 146 Å². The molecule has 0 N–H and O–H groups in total. The van der Waals surface area contributed by atoms with Crippen molar-refractivity contribution in [1.29, 1.82) is 0 Å². The fraction of sp³-hybridized carbons (Fsp3) is 0. The summed E-state index contributed by atoms with van der Waals surface area (Å²) in [6.45, 7) is 7.89. The highest BCUT2D eigenvalue weighted by atomic mass is 31.1. The number of benzene rings is 4. The molecule has 0 heterocycles. The van der Waals surface area contributed by atoms with Gasteiger partial charge < -0.3 is 0 Å². The SMILES string of the molecule is C=CP(c1ccccc1)c1ccccc1.C=CP(c1ccccc1)c1ccccc1. The fourth-order valence-electron chi connectivity index (χ4n) is 3.07. The highest BCUT2D eigenvalue weighted by molar-refractivity contribution is 7.76. The van der Waals surface area contributed by atoms with Crippen LogP contribution in [0.5, 0.6) is 0 Å². The van der Waals surface area contributed by atoms with Gasteiger partial charge in [0.2, 0.25) is 0 Å². The molecule has 2 heteroatoms. The van der Waals surface area contributed by atoms with Gasteiger partial charge in [-0.3, -0.25) is 0 Å². The summed E-state index contributed by atoms with van der Waals surface area (Å²) in [5.74, 6) is 4.11. The quantitative estimate of drug-likeness (QED) is 0.309. The van der Waals surface area contributed by atoms with Crippen molar-refractivity contribution in [3.05, 3.63) is 146 Å². The maximum absolute atomic E-state index is 3.94. The minimum Gasteiger partial charge on any atom is -0.0980 e. The maximum atomic E-state index is 3.94. The van der Waals surface area contributed by atoms with E-state index in [0.29, 0.717) is 0 Å². The molecule has 0 aliphatic carbocycles. The second kappa shape index (κ2) is 12.0. The molecule has 0 amide bonds. The molecule has 0 saturated carbocycles. The fourth-order valence-corrected chi connectivity index (χ4v) is 6.49. The van der Waals surface area contributed by atoms with Gasteiger partial charge in [0.15, 0.2) is 0 Å². The third-order valence-electron chi connectivity index (χ3n) is 4.50. The van der Waals surface area contributed by atoms with Crippen LogP contribution in [0.2, 0.25) is 0 Å². The molecule has 0 aliphatic rings. The lowest BCUT2D eigenvalue weighted by atomic mass is 10.4. The topological polar surface area (TPSA) is 0 Å². The van der Waals surface area contributed by atoms with Crippen molar-refractivity contribution in [2.24, 2.45) is 0 Å². The average Bonchev–Trinajstić information content (AvgIpc) is 2.83. The molecule has 4 aromatic carbocycles. The number of hydrogen-bond donors (Lipinski definition) is 0. The predicted octanol–water partition coefficient (Wildman–Crippen LogP) is 6.53. The number of rotatable bonds is 6. The Labute approximate surface area is 183 Å². The Morgan fingerprint density at radius 3 is 0.733 bits per heavy atom. The zero-order valence-corrected chi connectivity index (χ0v) is 18.8. The Morgan fingerprint density at radius 2 is 0.567 bits per heavy atom. The summed E-state index contributed by atoms with van der Waals surface area (Å²) in [6.07, 6.45) is 0. The van der Waals surface area contributed by atoms with Crippen LogP contribution in [0.4, 0.5) is 0 Å². The highest BCUT2D eigenvalue weighted by Gasteiger charge is 2.08. The molecule has 0 unspecified atom stereocenters. The van der Waals surface area contributed by atoms with E-state index in [-0.39, 0.29) is 15.8 Å². The molecule has 4 rings (SSSR count). The lowest BCUT2D eigenvalue weighted by Gasteiger charge is -2.13. The molecule has 148 valence electrons. The van der Waals surface area contributed by atoms with Gasteiger partial charge in [0, 0.05) is 0 Å². The van der Waals surface area contributed by atoms with Crippen LogP contribution in [0, 0.1) is 0 Å². The van der Waals surface area contributed by atoms with E-state index in [1.807, 2.05) is 24.3 Å². The second-order valence-electron chi connectivity index (χ2n) is 6.45. The Kier molecular flexibility index (Phi) is 8.80. The first-order valence-electron chi connectivity index (χ1n) is 9.87. The summed E-state index contributed by atoms with van der Waals surface area (Å²) in [5, 5.41) is 5.42. The van der Waals surface area contributed by atoms with E-state index >= 15 is 0 Å². The molecule has 0 radical (unpaired) electrons. The van der Waals surface area contributed by atoms with Crippen LogP contribution < -0.4 is 21.2 Å². The Bertz CT molecular complexity index is 847. The summed E-state index contributed by atoms with van der Waals surface area (Å²) in [7, 11) is -0.770. The molecule has 4 aromatic rings. The largest absolute Gasteiger partial charge is 0.0980 e. The van der Waals surface area contributed by atoms with Crippen LogP contribution >= 0.6 is 15.8 Å². The Hall–Kier alpha value is -2.78. The van der Waals surface area contributed by atoms with Crippen LogP contribution in [0.15, 0.2) is 146 Å². The Morgan fingerprint density at radius 1 is 0.367 bits per heavy atom. The smallest absolute Gasteiger partial charge is 0.0157 e. The van der Waals surface area contributed by atoms with E-state index in [9.17, 15) is 0 Å². The molecule has 0 fully saturated rings. The zero-order valence-electron chi connectivity index (χ0n) is 17.0. The standard InChI is InChI=1S/2C14H13P/c2*1-2-15(13-9-5-3-6-10-13)14-11-7-4-8-12-14/h2*2-12H,1H2. The third kappa shape index (κ3) is 6.11. The molecule has 30 heavy (non-hydrogen) atoms. The predicted molar refractivity (Wildman–Crippen MR) is 139 cm³/mol. The van der Waals surface area contributed by atoms with E-state index in [1.165, 1.54) is 21.2 Å². The lowest BCUT2D eigenvalue weighted by molar-refractivity contribution is 1.75. The maximum Gasteiger partial charge on any atom is -0.0157 e. The van der Waals surface area contributed by atoms with Gasteiger partial charge >= 0.3 is 0 Å². The first kappa shape index (κ1) is 21.9. The molecule has 0 spiro atoms. The molecular weight excluding hydrogens is 398 g/mol. The Balaban J connectivity index is 0.000000171. The molecular formula is C28H26P2. The summed E-state index contributed by atoms with van der Waals surface area (Å²) in [6, 6.07) is 42.2. The monoisotopic (exact) mass is 424 g/mol. The van der Waals surface area contributed by atoms with Crippen LogP contribution in [0.1, 0.15) is 0 Å². The molecule has 0 atom stereocenters. The van der Waals surface area contributed by atoms with Crippen molar-refractivity contribution in [3.63, 3.8) is 0 Å². The van der Waals surface area contributed by atoms with Gasteiger partial charge in [0.05, 0.1) is 0 Å². The van der Waals surface area contributed by atoms with Gasteiger partial charge in [-0.15, -0.1) is 0 Å². The van der Waals surface area contributed by atoms with Crippen LogP contribution in [-0.4, -0.2) is 0 Å². The molecule has 0 bridgehead atoms. The molecule has 0 aromatic heterocycles. The first-order valence-corrected chi connectivity index (χ1v) is 12.7. The van der Waals surface area contributed by atoms with E-state index in [0.717, 1.165) is 0 Å². The summed E-state index contributed by atoms with van der Waals surface area (Å²) in [5.41, 5.74) is 0. The van der Waals surface area contributed by atoms with Crippen molar-refractivity contribution in [2.45, 2.75) is 0 Å². The van der Waals surface area contributed by atoms with Gasteiger partial charge in [0.1, 0.15) is 0 Å². The second-order valence-corrected chi connectivity index (χ2v) is 10.7. The van der Waals surface area contributed by atoms with Crippen molar-refractivity contribution in [2.75, 3.05) is 0 Å². The minimum absolute atomic E-state index is 0.385. The van der Waals surface area contributed by atoms with E-state index in [1.54, 1.807) is 0 Å². The average molecular weight is 424 g/mol. The van der Waals surface area contributed by atoms with Gasteiger partial charge in [0.25, 0.3) is 0 Å². The van der Waals surface area contributed by atoms with Crippen molar-refractivity contribution >= 4 is 37.1 Å². The molecule has 0 saturated heterocycles. The zero-order chi connectivity index (χ0) is 21.0. The third-order valence-corrected chi connectivity index (χ3v) is 8.65. The van der Waals surface area contributed by atoms with Crippen LogP contribution in [-0.2, 0) is 0 Å². The van der Waals surface area contributed by atoms with Gasteiger partial charge in [-0.05, 0) is 37.1 Å². The lowest BCUT2D eigenvalue weighted by Crippen LogP contribution is -2.08. The summed E-state index contributed by atoms with van der Waals surface area (Å²) >= 11 is 0. The van der Waals surface area contributed by atoms with E-state index in [2.05, 4.69) is 122 Å². The highest BCUT2D eigenvalue weighted by Crippen LogP contribution is 2.34. The summed E-state index contributed by atoms with van der Waals surface area (Å²) in [4.78, 5) is 0. The molecule has 0 nitrogen and oxygen atoms in total. The normalized spacial score (nSPS) is 10.2. The van der Waals surface area contributed by atoms with Crippen molar-refractivity contribution < 1.29 is 0 Å². The minimum atomic E-state index is -0.385.